The Hall–Kier alpha value is -2.54. The molecule has 2 aliphatic rings. The molecule has 1 saturated heterocycles. The van der Waals surface area contributed by atoms with Gasteiger partial charge in [0.25, 0.3) is 0 Å². The molecule has 0 aliphatic carbocycles. The van der Waals surface area contributed by atoms with Crippen molar-refractivity contribution in [2.75, 3.05) is 33.2 Å². The Morgan fingerprint density at radius 3 is 2.78 bits per heavy atom. The van der Waals surface area contributed by atoms with Crippen LogP contribution in [0.5, 0.6) is 0 Å². The summed E-state index contributed by atoms with van der Waals surface area (Å²) in [5.41, 5.74) is 5.61. The Balaban J connectivity index is 1.53. The summed E-state index contributed by atoms with van der Waals surface area (Å²) in [5, 5.41) is 5.46. The number of piperidine rings is 1. The molecule has 7 nitrogen and oxygen atoms in total. The van der Waals surface area contributed by atoms with Gasteiger partial charge in [-0.15, -0.1) is 0 Å². The zero-order valence-corrected chi connectivity index (χ0v) is 16.2. The van der Waals surface area contributed by atoms with E-state index < -0.39 is 0 Å². The highest BCUT2D eigenvalue weighted by Gasteiger charge is 2.26. The van der Waals surface area contributed by atoms with Crippen LogP contribution in [-0.2, 0) is 20.0 Å². The number of nitrogens with zero attached hydrogens (tertiary/aromatic N) is 4. The first-order valence-electron chi connectivity index (χ1n) is 9.73. The van der Waals surface area contributed by atoms with Gasteiger partial charge in [-0.1, -0.05) is 5.57 Å². The van der Waals surface area contributed by atoms with E-state index in [0.29, 0.717) is 6.54 Å². The second-order valence-electron chi connectivity index (χ2n) is 7.31. The van der Waals surface area contributed by atoms with E-state index >= 15 is 0 Å². The summed E-state index contributed by atoms with van der Waals surface area (Å²) in [5.74, 6) is 1.12. The molecular weight excluding hydrogens is 340 g/mol. The number of carbonyl (C=O) groups excluding carboxylic acids is 1. The number of amides is 2. The Kier molecular flexibility index (Phi) is 5.03. The molecule has 4 rings (SSSR count). The van der Waals surface area contributed by atoms with Crippen LogP contribution in [0.3, 0.4) is 0 Å². The van der Waals surface area contributed by atoms with Gasteiger partial charge in [-0.3, -0.25) is 0 Å². The number of aryl methyl sites for hydroxylation is 2. The van der Waals surface area contributed by atoms with Gasteiger partial charge in [-0.05, 0) is 18.9 Å². The molecule has 0 bridgehead atoms. The SMILES string of the molecule is CNC(=O)NCCN1CCC(=C2c3ccn(C)c3CCn3ccnc32)CC1. The molecular formula is C20H28N6O. The molecule has 1 fully saturated rings. The van der Waals surface area contributed by atoms with Gasteiger partial charge in [0.1, 0.15) is 5.82 Å². The molecule has 27 heavy (non-hydrogen) atoms. The Morgan fingerprint density at radius 2 is 2.00 bits per heavy atom. The fraction of sp³-hybridized carbons (Fsp3) is 0.500. The first-order chi connectivity index (χ1) is 13.2. The molecule has 0 atom stereocenters. The van der Waals surface area contributed by atoms with E-state index in [4.69, 9.17) is 4.98 Å². The maximum Gasteiger partial charge on any atom is 0.314 e. The van der Waals surface area contributed by atoms with Crippen LogP contribution in [-0.4, -0.2) is 58.3 Å². The number of likely N-dealkylation sites (tertiary alicyclic amines) is 1. The Labute approximate surface area is 160 Å². The van der Waals surface area contributed by atoms with Gasteiger partial charge in [0.15, 0.2) is 0 Å². The smallest absolute Gasteiger partial charge is 0.314 e. The highest BCUT2D eigenvalue weighted by molar-refractivity contribution is 5.81. The predicted molar refractivity (Wildman–Crippen MR) is 105 cm³/mol. The number of hydrogen-bond acceptors (Lipinski definition) is 3. The van der Waals surface area contributed by atoms with Gasteiger partial charge in [0.05, 0.1) is 0 Å². The molecule has 2 aliphatic heterocycles. The zero-order chi connectivity index (χ0) is 18.8. The summed E-state index contributed by atoms with van der Waals surface area (Å²) in [6, 6.07) is 2.14. The van der Waals surface area contributed by atoms with E-state index in [1.54, 1.807) is 7.05 Å². The maximum atomic E-state index is 11.3. The number of imidazole rings is 1. The lowest BCUT2D eigenvalue weighted by Crippen LogP contribution is -2.40. The predicted octanol–water partition coefficient (Wildman–Crippen LogP) is 1.60. The summed E-state index contributed by atoms with van der Waals surface area (Å²) in [4.78, 5) is 18.4. The summed E-state index contributed by atoms with van der Waals surface area (Å²) < 4.78 is 4.55. The van der Waals surface area contributed by atoms with Gasteiger partial charge in [0, 0.05) is 88.7 Å². The van der Waals surface area contributed by atoms with E-state index in [0.717, 1.165) is 51.3 Å². The monoisotopic (exact) mass is 368 g/mol. The minimum atomic E-state index is -0.114. The van der Waals surface area contributed by atoms with Gasteiger partial charge < -0.3 is 24.7 Å². The molecule has 2 aromatic rings. The summed E-state index contributed by atoms with van der Waals surface area (Å²) in [7, 11) is 3.78. The first-order valence-corrected chi connectivity index (χ1v) is 9.73. The maximum absolute atomic E-state index is 11.3. The normalized spacial score (nSPS) is 17.3. The third-order valence-corrected chi connectivity index (χ3v) is 5.75. The number of carbonyl (C=O) groups is 1. The van der Waals surface area contributed by atoms with Crippen molar-refractivity contribution < 1.29 is 4.79 Å². The molecule has 0 unspecified atom stereocenters. The van der Waals surface area contributed by atoms with Gasteiger partial charge in [-0.2, -0.15) is 0 Å². The summed E-state index contributed by atoms with van der Waals surface area (Å²) in [6.45, 7) is 4.60. The van der Waals surface area contributed by atoms with Gasteiger partial charge >= 0.3 is 6.03 Å². The standard InChI is InChI=1S/C20H28N6O/c1-21-20(27)23-7-13-25-10-3-15(4-11-25)18-16-5-9-24(2)17(16)6-12-26-14-8-22-19(18)26/h5,8-9,14H,3-4,6-7,10-13H2,1-2H3,(H2,21,23,27). The van der Waals surface area contributed by atoms with E-state index in [9.17, 15) is 4.79 Å². The number of fused-ring (bicyclic) bond motifs is 2. The number of aromatic nitrogens is 3. The number of hydrogen-bond donors (Lipinski definition) is 2. The topological polar surface area (TPSA) is 67.1 Å². The van der Waals surface area contributed by atoms with Crippen molar-refractivity contribution >= 4 is 11.6 Å². The second kappa shape index (κ2) is 7.60. The molecule has 2 aromatic heterocycles. The van der Waals surface area contributed by atoms with Crippen molar-refractivity contribution in [1.82, 2.24) is 29.7 Å². The number of urea groups is 1. The average molecular weight is 368 g/mol. The van der Waals surface area contributed by atoms with Crippen LogP contribution in [0.2, 0.25) is 0 Å². The highest BCUT2D eigenvalue weighted by Crippen LogP contribution is 2.35. The van der Waals surface area contributed by atoms with Gasteiger partial charge in [0.2, 0.25) is 0 Å². The second-order valence-corrected chi connectivity index (χ2v) is 7.31. The average Bonchev–Trinajstić information content (AvgIpc) is 3.25. The molecule has 0 spiro atoms. The molecule has 0 aromatic carbocycles. The third-order valence-electron chi connectivity index (χ3n) is 5.75. The van der Waals surface area contributed by atoms with Crippen molar-refractivity contribution in [2.45, 2.75) is 25.8 Å². The first kappa shape index (κ1) is 17.9. The highest BCUT2D eigenvalue weighted by atomic mass is 16.2. The number of rotatable bonds is 3. The van der Waals surface area contributed by atoms with Crippen LogP contribution in [0.1, 0.15) is 29.9 Å². The minimum absolute atomic E-state index is 0.114. The molecule has 2 amide bonds. The van der Waals surface area contributed by atoms with E-state index in [-0.39, 0.29) is 6.03 Å². The third kappa shape index (κ3) is 3.51. The van der Waals surface area contributed by atoms with E-state index in [1.165, 1.54) is 22.4 Å². The van der Waals surface area contributed by atoms with Crippen LogP contribution in [0.4, 0.5) is 4.79 Å². The van der Waals surface area contributed by atoms with Crippen LogP contribution in [0.15, 0.2) is 30.2 Å². The molecule has 2 N–H and O–H groups in total. The fourth-order valence-electron chi connectivity index (χ4n) is 4.23. The van der Waals surface area contributed by atoms with Crippen molar-refractivity contribution in [1.29, 1.82) is 0 Å². The fourth-order valence-corrected chi connectivity index (χ4v) is 4.23. The lowest BCUT2D eigenvalue weighted by Gasteiger charge is -2.29. The molecule has 4 heterocycles. The Bertz CT molecular complexity index is 852. The summed E-state index contributed by atoms with van der Waals surface area (Å²) in [6.07, 6.45) is 9.33. The lowest BCUT2D eigenvalue weighted by atomic mass is 9.92. The molecule has 144 valence electrons. The van der Waals surface area contributed by atoms with E-state index in [1.807, 2.05) is 6.20 Å². The Morgan fingerprint density at radius 1 is 1.19 bits per heavy atom. The molecule has 7 heteroatoms. The largest absolute Gasteiger partial charge is 0.354 e. The molecule has 0 radical (unpaired) electrons. The van der Waals surface area contributed by atoms with Crippen molar-refractivity contribution in [2.24, 2.45) is 7.05 Å². The van der Waals surface area contributed by atoms with Crippen molar-refractivity contribution in [3.63, 3.8) is 0 Å². The van der Waals surface area contributed by atoms with Crippen molar-refractivity contribution in [3.05, 3.63) is 47.3 Å². The molecule has 0 saturated carbocycles. The van der Waals surface area contributed by atoms with Gasteiger partial charge in [-0.25, -0.2) is 9.78 Å². The lowest BCUT2D eigenvalue weighted by molar-refractivity contribution is 0.233. The van der Waals surface area contributed by atoms with Crippen LogP contribution in [0, 0.1) is 0 Å². The van der Waals surface area contributed by atoms with Crippen LogP contribution < -0.4 is 10.6 Å². The van der Waals surface area contributed by atoms with E-state index in [2.05, 4.69) is 50.2 Å². The van der Waals surface area contributed by atoms with Crippen molar-refractivity contribution in [3.8, 4) is 0 Å². The van der Waals surface area contributed by atoms with Crippen LogP contribution >= 0.6 is 0 Å². The number of nitrogens with one attached hydrogen (secondary N) is 2. The zero-order valence-electron chi connectivity index (χ0n) is 16.2. The van der Waals surface area contributed by atoms with Crippen LogP contribution in [0.25, 0.3) is 5.57 Å². The summed E-state index contributed by atoms with van der Waals surface area (Å²) >= 11 is 0. The minimum Gasteiger partial charge on any atom is -0.354 e. The quantitative estimate of drug-likeness (QED) is 0.865.